The van der Waals surface area contributed by atoms with Crippen molar-refractivity contribution < 1.29 is 4.79 Å². The number of hydrogen-bond donors (Lipinski definition) is 1. The van der Waals surface area contributed by atoms with E-state index in [0.29, 0.717) is 12.3 Å². The van der Waals surface area contributed by atoms with Gasteiger partial charge < -0.3 is 5.32 Å². The van der Waals surface area contributed by atoms with Crippen LogP contribution >= 0.6 is 11.6 Å². The van der Waals surface area contributed by atoms with E-state index < -0.39 is 0 Å². The zero-order chi connectivity index (χ0) is 12.3. The Morgan fingerprint density at radius 1 is 1.12 bits per heavy atom. The molecule has 1 N–H and O–H groups in total. The molecule has 94 valence electrons. The molecule has 1 amide bonds. The second kappa shape index (κ2) is 9.06. The van der Waals surface area contributed by atoms with Gasteiger partial charge in [-0.15, -0.1) is 11.6 Å². The van der Waals surface area contributed by atoms with Crippen LogP contribution in [0.1, 0.15) is 31.2 Å². The number of alkyl halides is 1. The molecule has 1 rings (SSSR count). The standard InChI is InChI=1S/C14H20ClNO/c15-11-4-5-12-16-14(17)10-6-9-13-7-2-1-3-8-13/h1-3,7-8H,4-6,9-12H2,(H,16,17). The van der Waals surface area contributed by atoms with E-state index in [0.717, 1.165) is 32.2 Å². The predicted octanol–water partition coefficient (Wildman–Crippen LogP) is 3.14. The van der Waals surface area contributed by atoms with Crippen molar-refractivity contribution in [3.63, 3.8) is 0 Å². The van der Waals surface area contributed by atoms with Crippen molar-refractivity contribution in [1.82, 2.24) is 5.32 Å². The Balaban J connectivity index is 2.04. The van der Waals surface area contributed by atoms with E-state index in [9.17, 15) is 4.79 Å². The second-order valence-electron chi connectivity index (χ2n) is 4.09. The van der Waals surface area contributed by atoms with E-state index in [4.69, 9.17) is 11.6 Å². The summed E-state index contributed by atoms with van der Waals surface area (Å²) in [5.74, 6) is 0.819. The summed E-state index contributed by atoms with van der Waals surface area (Å²) in [6.45, 7) is 0.747. The molecule has 0 aliphatic heterocycles. The van der Waals surface area contributed by atoms with Crippen LogP contribution in [-0.2, 0) is 11.2 Å². The fraction of sp³-hybridized carbons (Fsp3) is 0.500. The molecule has 3 heteroatoms. The molecule has 0 atom stereocenters. The number of hydrogen-bond acceptors (Lipinski definition) is 1. The smallest absolute Gasteiger partial charge is 0.220 e. The fourth-order valence-electron chi connectivity index (χ4n) is 1.63. The maximum absolute atomic E-state index is 11.5. The van der Waals surface area contributed by atoms with E-state index in [1.54, 1.807) is 0 Å². The largest absolute Gasteiger partial charge is 0.356 e. The molecule has 2 nitrogen and oxygen atoms in total. The topological polar surface area (TPSA) is 29.1 Å². The lowest BCUT2D eigenvalue weighted by molar-refractivity contribution is -0.121. The normalized spacial score (nSPS) is 10.2. The first-order chi connectivity index (χ1) is 8.33. The molecule has 0 spiro atoms. The number of carbonyl (C=O) groups excluding carboxylic acids is 1. The molecule has 0 bridgehead atoms. The Bertz CT molecular complexity index is 313. The summed E-state index contributed by atoms with van der Waals surface area (Å²) in [6.07, 6.45) is 4.41. The number of rotatable bonds is 8. The van der Waals surface area contributed by atoms with Gasteiger partial charge in [-0.3, -0.25) is 4.79 Å². The number of nitrogens with one attached hydrogen (secondary N) is 1. The van der Waals surface area contributed by atoms with Crippen molar-refractivity contribution in [2.45, 2.75) is 32.1 Å². The zero-order valence-electron chi connectivity index (χ0n) is 10.1. The Kier molecular flexibility index (Phi) is 7.48. The van der Waals surface area contributed by atoms with Crippen LogP contribution < -0.4 is 5.32 Å². The Morgan fingerprint density at radius 3 is 2.59 bits per heavy atom. The number of halogens is 1. The van der Waals surface area contributed by atoms with Crippen LogP contribution in [0.2, 0.25) is 0 Å². The van der Waals surface area contributed by atoms with Crippen LogP contribution in [0.4, 0.5) is 0 Å². The summed E-state index contributed by atoms with van der Waals surface area (Å²) < 4.78 is 0. The molecule has 0 radical (unpaired) electrons. The van der Waals surface area contributed by atoms with E-state index >= 15 is 0 Å². The highest BCUT2D eigenvalue weighted by molar-refractivity contribution is 6.17. The van der Waals surface area contributed by atoms with Gasteiger partial charge >= 0.3 is 0 Å². The highest BCUT2D eigenvalue weighted by atomic mass is 35.5. The first-order valence-corrected chi connectivity index (χ1v) is 6.73. The van der Waals surface area contributed by atoms with Gasteiger partial charge in [0.25, 0.3) is 0 Å². The molecule has 1 aromatic rings. The third-order valence-electron chi connectivity index (χ3n) is 2.59. The lowest BCUT2D eigenvalue weighted by Gasteiger charge is -2.04. The summed E-state index contributed by atoms with van der Waals surface area (Å²) in [6, 6.07) is 10.3. The second-order valence-corrected chi connectivity index (χ2v) is 4.46. The number of carbonyl (C=O) groups is 1. The van der Waals surface area contributed by atoms with E-state index in [-0.39, 0.29) is 5.91 Å². The minimum absolute atomic E-state index is 0.149. The molecule has 0 aliphatic carbocycles. The third kappa shape index (κ3) is 7.01. The monoisotopic (exact) mass is 253 g/mol. The molecular weight excluding hydrogens is 234 g/mol. The summed E-state index contributed by atoms with van der Waals surface area (Å²) in [7, 11) is 0. The van der Waals surface area contributed by atoms with Crippen molar-refractivity contribution >= 4 is 17.5 Å². The first kappa shape index (κ1) is 14.0. The average molecular weight is 254 g/mol. The zero-order valence-corrected chi connectivity index (χ0v) is 10.9. The summed E-state index contributed by atoms with van der Waals surface area (Å²) in [5, 5.41) is 2.91. The molecule has 0 unspecified atom stereocenters. The molecule has 0 aliphatic rings. The number of benzene rings is 1. The van der Waals surface area contributed by atoms with Crippen molar-refractivity contribution in [2.75, 3.05) is 12.4 Å². The Morgan fingerprint density at radius 2 is 1.88 bits per heavy atom. The van der Waals surface area contributed by atoms with Crippen LogP contribution in [0.25, 0.3) is 0 Å². The number of amides is 1. The molecule has 0 saturated heterocycles. The Labute approximate surface area is 108 Å². The quantitative estimate of drug-likeness (QED) is 0.560. The van der Waals surface area contributed by atoms with Crippen molar-refractivity contribution in [3.05, 3.63) is 35.9 Å². The summed E-state index contributed by atoms with van der Waals surface area (Å²) >= 11 is 5.56. The van der Waals surface area contributed by atoms with Gasteiger partial charge in [-0.1, -0.05) is 30.3 Å². The van der Waals surface area contributed by atoms with Crippen molar-refractivity contribution in [3.8, 4) is 0 Å². The minimum Gasteiger partial charge on any atom is -0.356 e. The van der Waals surface area contributed by atoms with Gasteiger partial charge in [0.05, 0.1) is 0 Å². The molecule has 0 aromatic heterocycles. The highest BCUT2D eigenvalue weighted by Crippen LogP contribution is 2.04. The maximum Gasteiger partial charge on any atom is 0.220 e. The van der Waals surface area contributed by atoms with Crippen LogP contribution in [-0.4, -0.2) is 18.3 Å². The number of aryl methyl sites for hydroxylation is 1. The van der Waals surface area contributed by atoms with Crippen LogP contribution in [0, 0.1) is 0 Å². The SMILES string of the molecule is O=C(CCCc1ccccc1)NCCCCCl. The van der Waals surface area contributed by atoms with Gasteiger partial charge in [0.1, 0.15) is 0 Å². The first-order valence-electron chi connectivity index (χ1n) is 6.19. The lowest BCUT2D eigenvalue weighted by atomic mass is 10.1. The summed E-state index contributed by atoms with van der Waals surface area (Å²) in [4.78, 5) is 11.5. The molecule has 17 heavy (non-hydrogen) atoms. The van der Waals surface area contributed by atoms with Crippen molar-refractivity contribution in [2.24, 2.45) is 0 Å². The van der Waals surface area contributed by atoms with Crippen LogP contribution in [0.5, 0.6) is 0 Å². The van der Waals surface area contributed by atoms with E-state index in [1.807, 2.05) is 18.2 Å². The van der Waals surface area contributed by atoms with Gasteiger partial charge in [-0.2, -0.15) is 0 Å². The molecule has 0 saturated carbocycles. The Hall–Kier alpha value is -1.02. The van der Waals surface area contributed by atoms with Gasteiger partial charge in [0, 0.05) is 18.8 Å². The van der Waals surface area contributed by atoms with Gasteiger partial charge in [-0.05, 0) is 31.2 Å². The van der Waals surface area contributed by atoms with Gasteiger partial charge in [0.2, 0.25) is 5.91 Å². The van der Waals surface area contributed by atoms with Gasteiger partial charge in [-0.25, -0.2) is 0 Å². The lowest BCUT2D eigenvalue weighted by Crippen LogP contribution is -2.24. The van der Waals surface area contributed by atoms with E-state index in [2.05, 4.69) is 17.4 Å². The van der Waals surface area contributed by atoms with Crippen LogP contribution in [0.3, 0.4) is 0 Å². The molecule has 1 aromatic carbocycles. The number of unbranched alkanes of at least 4 members (excludes halogenated alkanes) is 1. The van der Waals surface area contributed by atoms with Crippen molar-refractivity contribution in [1.29, 1.82) is 0 Å². The molecule has 0 fully saturated rings. The highest BCUT2D eigenvalue weighted by Gasteiger charge is 2.00. The minimum atomic E-state index is 0.149. The summed E-state index contributed by atoms with van der Waals surface area (Å²) in [5.41, 5.74) is 1.29. The molecule has 0 heterocycles. The fourth-order valence-corrected chi connectivity index (χ4v) is 1.82. The average Bonchev–Trinajstić information content (AvgIpc) is 2.36. The molecular formula is C14H20ClNO. The predicted molar refractivity (Wildman–Crippen MR) is 72.3 cm³/mol. The van der Waals surface area contributed by atoms with Gasteiger partial charge in [0.15, 0.2) is 0 Å². The van der Waals surface area contributed by atoms with Crippen LogP contribution in [0.15, 0.2) is 30.3 Å². The maximum atomic E-state index is 11.5. The third-order valence-corrected chi connectivity index (χ3v) is 2.86. The van der Waals surface area contributed by atoms with E-state index in [1.165, 1.54) is 5.56 Å².